The van der Waals surface area contributed by atoms with E-state index in [1.54, 1.807) is 6.07 Å². The number of nitrogens with zero attached hydrogens (tertiary/aromatic N) is 1. The van der Waals surface area contributed by atoms with Crippen molar-refractivity contribution in [1.29, 1.82) is 0 Å². The minimum Gasteiger partial charge on any atom is -0.364 e. The number of halogens is 2. The molecule has 1 amide bonds. The number of benzene rings is 1. The maximum atomic E-state index is 11.8. The number of carbonyl (C=O) groups excluding carboxylic acids is 1. The predicted molar refractivity (Wildman–Crippen MR) is 88.6 cm³/mol. The molecule has 0 spiro atoms. The van der Waals surface area contributed by atoms with Crippen LogP contribution in [-0.2, 0) is 17.6 Å². The first kappa shape index (κ1) is 18.5. The van der Waals surface area contributed by atoms with E-state index >= 15 is 0 Å². The van der Waals surface area contributed by atoms with E-state index < -0.39 is 0 Å². The smallest absolute Gasteiger partial charge is 0.226 e. The molecular formula is C15H19Cl2N3O2. The Hall–Kier alpha value is -1.56. The molecule has 120 valence electrons. The summed E-state index contributed by atoms with van der Waals surface area (Å²) >= 11 is 0. The summed E-state index contributed by atoms with van der Waals surface area (Å²) in [4.78, 5) is 11.8. The SMILES string of the molecule is Cl.Cl.O=C(Cc1ccon1)NCC1NCCc2ccccc21. The summed E-state index contributed by atoms with van der Waals surface area (Å²) in [6, 6.07) is 10.3. The van der Waals surface area contributed by atoms with Crippen molar-refractivity contribution < 1.29 is 9.32 Å². The topological polar surface area (TPSA) is 67.2 Å². The molecule has 5 nitrogen and oxygen atoms in total. The molecule has 0 saturated carbocycles. The third-order valence-electron chi connectivity index (χ3n) is 3.55. The zero-order valence-corrected chi connectivity index (χ0v) is 13.6. The lowest BCUT2D eigenvalue weighted by Gasteiger charge is -2.27. The van der Waals surface area contributed by atoms with Crippen molar-refractivity contribution in [3.05, 3.63) is 53.4 Å². The van der Waals surface area contributed by atoms with Crippen LogP contribution >= 0.6 is 24.8 Å². The summed E-state index contributed by atoms with van der Waals surface area (Å²) in [6.07, 6.45) is 2.77. The standard InChI is InChI=1S/C15H17N3O2.2ClH/c19-15(9-12-6-8-20-18-12)17-10-14-13-4-2-1-3-11(13)5-7-16-14;;/h1-4,6,8,14,16H,5,7,9-10H2,(H,17,19);2*1H. The average molecular weight is 344 g/mol. The number of hydrogen-bond donors (Lipinski definition) is 2. The highest BCUT2D eigenvalue weighted by Gasteiger charge is 2.19. The first-order valence-corrected chi connectivity index (χ1v) is 6.80. The number of rotatable bonds is 4. The fraction of sp³-hybridized carbons (Fsp3) is 0.333. The molecule has 0 saturated heterocycles. The lowest BCUT2D eigenvalue weighted by Crippen LogP contribution is -2.39. The van der Waals surface area contributed by atoms with Gasteiger partial charge in [-0.3, -0.25) is 4.79 Å². The molecule has 0 fully saturated rings. The number of carbonyl (C=O) groups is 1. The zero-order chi connectivity index (χ0) is 13.8. The normalized spacial score (nSPS) is 15.9. The lowest BCUT2D eigenvalue weighted by atomic mass is 9.94. The molecule has 0 bridgehead atoms. The number of fused-ring (bicyclic) bond motifs is 1. The highest BCUT2D eigenvalue weighted by molar-refractivity contribution is 5.85. The average Bonchev–Trinajstić information content (AvgIpc) is 2.98. The number of amides is 1. The van der Waals surface area contributed by atoms with Gasteiger partial charge in [0, 0.05) is 18.7 Å². The Kier molecular flexibility index (Phi) is 7.38. The van der Waals surface area contributed by atoms with Gasteiger partial charge in [-0.05, 0) is 24.1 Å². The summed E-state index contributed by atoms with van der Waals surface area (Å²) < 4.78 is 4.71. The van der Waals surface area contributed by atoms with Gasteiger partial charge in [-0.2, -0.15) is 0 Å². The molecule has 1 atom stereocenters. The predicted octanol–water partition coefficient (Wildman–Crippen LogP) is 2.06. The van der Waals surface area contributed by atoms with Crippen LogP contribution in [0.15, 0.2) is 41.1 Å². The Bertz CT molecular complexity index is 590. The fourth-order valence-electron chi connectivity index (χ4n) is 2.55. The third kappa shape index (κ3) is 4.47. The van der Waals surface area contributed by atoms with Crippen molar-refractivity contribution >= 4 is 30.7 Å². The third-order valence-corrected chi connectivity index (χ3v) is 3.55. The first-order chi connectivity index (χ1) is 9.83. The summed E-state index contributed by atoms with van der Waals surface area (Å²) in [7, 11) is 0. The van der Waals surface area contributed by atoms with Crippen LogP contribution in [0.25, 0.3) is 0 Å². The molecule has 0 radical (unpaired) electrons. The van der Waals surface area contributed by atoms with Crippen LogP contribution in [-0.4, -0.2) is 24.2 Å². The fourth-order valence-corrected chi connectivity index (χ4v) is 2.55. The van der Waals surface area contributed by atoms with Gasteiger partial charge >= 0.3 is 0 Å². The van der Waals surface area contributed by atoms with Crippen molar-refractivity contribution in [2.45, 2.75) is 18.9 Å². The van der Waals surface area contributed by atoms with Crippen molar-refractivity contribution in [2.75, 3.05) is 13.1 Å². The van der Waals surface area contributed by atoms with Gasteiger partial charge in [0.15, 0.2) is 0 Å². The monoisotopic (exact) mass is 343 g/mol. The van der Waals surface area contributed by atoms with Crippen molar-refractivity contribution in [2.24, 2.45) is 0 Å². The minimum atomic E-state index is -0.0382. The highest BCUT2D eigenvalue weighted by Crippen LogP contribution is 2.21. The second-order valence-electron chi connectivity index (χ2n) is 4.93. The molecular weight excluding hydrogens is 325 g/mol. The largest absolute Gasteiger partial charge is 0.364 e. The van der Waals surface area contributed by atoms with Crippen LogP contribution in [0.3, 0.4) is 0 Å². The Labute approximate surface area is 141 Å². The van der Waals surface area contributed by atoms with E-state index in [0.717, 1.165) is 13.0 Å². The molecule has 1 aromatic carbocycles. The van der Waals surface area contributed by atoms with Gasteiger partial charge in [0.05, 0.1) is 12.1 Å². The van der Waals surface area contributed by atoms with Crippen molar-refractivity contribution in [1.82, 2.24) is 15.8 Å². The molecule has 1 aromatic heterocycles. The van der Waals surface area contributed by atoms with E-state index in [1.807, 2.05) is 6.07 Å². The number of hydrogen-bond acceptors (Lipinski definition) is 4. The molecule has 7 heteroatoms. The Balaban J connectivity index is 0.00000121. The zero-order valence-electron chi connectivity index (χ0n) is 12.0. The second-order valence-corrected chi connectivity index (χ2v) is 4.93. The van der Waals surface area contributed by atoms with E-state index in [1.165, 1.54) is 17.4 Å². The van der Waals surface area contributed by atoms with E-state index in [9.17, 15) is 4.79 Å². The van der Waals surface area contributed by atoms with Crippen LogP contribution in [0.4, 0.5) is 0 Å². The lowest BCUT2D eigenvalue weighted by molar-refractivity contribution is -0.120. The highest BCUT2D eigenvalue weighted by atomic mass is 35.5. The van der Waals surface area contributed by atoms with Crippen LogP contribution in [0.5, 0.6) is 0 Å². The summed E-state index contributed by atoms with van der Waals surface area (Å²) in [6.45, 7) is 1.54. The molecule has 2 aromatic rings. The molecule has 2 heterocycles. The maximum Gasteiger partial charge on any atom is 0.226 e. The van der Waals surface area contributed by atoms with Crippen molar-refractivity contribution in [3.8, 4) is 0 Å². The molecule has 3 rings (SSSR count). The molecule has 0 aliphatic carbocycles. The van der Waals surface area contributed by atoms with Gasteiger partial charge < -0.3 is 15.2 Å². The first-order valence-electron chi connectivity index (χ1n) is 6.80. The van der Waals surface area contributed by atoms with Crippen LogP contribution in [0, 0.1) is 0 Å². The maximum absolute atomic E-state index is 11.8. The summed E-state index contributed by atoms with van der Waals surface area (Å²) in [5.74, 6) is -0.0382. The van der Waals surface area contributed by atoms with E-state index in [0.29, 0.717) is 12.2 Å². The van der Waals surface area contributed by atoms with Gasteiger partial charge in [0.25, 0.3) is 0 Å². The summed E-state index contributed by atoms with van der Waals surface area (Å²) in [5, 5.41) is 10.1. The van der Waals surface area contributed by atoms with Crippen molar-refractivity contribution in [3.63, 3.8) is 0 Å². The Morgan fingerprint density at radius 1 is 1.32 bits per heavy atom. The quantitative estimate of drug-likeness (QED) is 0.891. The van der Waals surface area contributed by atoms with Gasteiger partial charge in [-0.25, -0.2) is 0 Å². The number of aromatic nitrogens is 1. The second kappa shape index (κ2) is 8.78. The molecule has 1 aliphatic heterocycles. The van der Waals surface area contributed by atoms with Crippen LogP contribution < -0.4 is 10.6 Å². The van der Waals surface area contributed by atoms with Gasteiger partial charge in [0.2, 0.25) is 5.91 Å². The van der Waals surface area contributed by atoms with Gasteiger partial charge in [-0.15, -0.1) is 24.8 Å². The molecule has 1 unspecified atom stereocenters. The summed E-state index contributed by atoms with van der Waals surface area (Å²) in [5.41, 5.74) is 3.29. The number of nitrogens with one attached hydrogen (secondary N) is 2. The molecule has 1 aliphatic rings. The Morgan fingerprint density at radius 3 is 2.91 bits per heavy atom. The van der Waals surface area contributed by atoms with E-state index in [-0.39, 0.29) is 43.2 Å². The van der Waals surface area contributed by atoms with Gasteiger partial charge in [0.1, 0.15) is 6.26 Å². The minimum absolute atomic E-state index is 0. The molecule has 22 heavy (non-hydrogen) atoms. The van der Waals surface area contributed by atoms with E-state index in [2.05, 4.69) is 34.0 Å². The molecule has 2 N–H and O–H groups in total. The van der Waals surface area contributed by atoms with E-state index in [4.69, 9.17) is 4.52 Å². The van der Waals surface area contributed by atoms with Gasteiger partial charge in [-0.1, -0.05) is 29.4 Å². The van der Waals surface area contributed by atoms with Crippen LogP contribution in [0.1, 0.15) is 22.9 Å². The van der Waals surface area contributed by atoms with Crippen LogP contribution in [0.2, 0.25) is 0 Å². The Morgan fingerprint density at radius 2 is 2.14 bits per heavy atom.